The molecule has 0 aromatic carbocycles. The molecule has 2 rings (SSSR count). The van der Waals surface area contributed by atoms with E-state index in [2.05, 4.69) is 20.7 Å². The highest BCUT2D eigenvalue weighted by molar-refractivity contribution is 7.14. The molecule has 2 aromatic rings. The zero-order valence-electron chi connectivity index (χ0n) is 11.2. The van der Waals surface area contributed by atoms with Crippen LogP contribution in [0.2, 0.25) is 0 Å². The second kappa shape index (κ2) is 6.29. The minimum Gasteiger partial charge on any atom is -0.346 e. The van der Waals surface area contributed by atoms with E-state index in [0.717, 1.165) is 0 Å². The Balaban J connectivity index is 1.90. The largest absolute Gasteiger partial charge is 0.346 e. The Kier molecular flexibility index (Phi) is 4.46. The molecule has 8 heteroatoms. The average molecular weight is 293 g/mol. The van der Waals surface area contributed by atoms with Gasteiger partial charge in [-0.1, -0.05) is 0 Å². The number of anilines is 1. The maximum absolute atomic E-state index is 12.0. The lowest BCUT2D eigenvalue weighted by Gasteiger charge is -2.12. The molecule has 20 heavy (non-hydrogen) atoms. The maximum atomic E-state index is 12.0. The summed E-state index contributed by atoms with van der Waals surface area (Å²) in [7, 11) is 0. The third kappa shape index (κ3) is 3.89. The van der Waals surface area contributed by atoms with E-state index in [-0.39, 0.29) is 17.9 Å². The van der Waals surface area contributed by atoms with Crippen molar-refractivity contribution in [2.45, 2.75) is 26.4 Å². The van der Waals surface area contributed by atoms with Crippen molar-refractivity contribution < 1.29 is 9.59 Å². The number of carbonyl (C=O) groups excluding carboxylic acids is 2. The number of hydrogen-bond donors (Lipinski definition) is 2. The molecule has 7 nitrogen and oxygen atoms in total. The van der Waals surface area contributed by atoms with Crippen LogP contribution in [0.4, 0.5) is 5.13 Å². The molecule has 0 spiro atoms. The van der Waals surface area contributed by atoms with Gasteiger partial charge < -0.3 is 10.6 Å². The van der Waals surface area contributed by atoms with Gasteiger partial charge in [0.25, 0.3) is 5.91 Å². The summed E-state index contributed by atoms with van der Waals surface area (Å²) < 4.78 is 1.74. The Morgan fingerprint density at radius 3 is 2.95 bits per heavy atom. The first kappa shape index (κ1) is 14.2. The Labute approximate surface area is 120 Å². The van der Waals surface area contributed by atoms with Crippen LogP contribution in [0.25, 0.3) is 0 Å². The van der Waals surface area contributed by atoms with Gasteiger partial charge in [0, 0.05) is 30.7 Å². The quantitative estimate of drug-likeness (QED) is 0.864. The normalized spacial score (nSPS) is 11.9. The fourth-order valence-corrected chi connectivity index (χ4v) is 2.36. The first-order valence-electron chi connectivity index (χ1n) is 6.06. The van der Waals surface area contributed by atoms with Gasteiger partial charge in [0.1, 0.15) is 5.69 Å². The Morgan fingerprint density at radius 2 is 2.30 bits per heavy atom. The number of aromatic nitrogens is 3. The van der Waals surface area contributed by atoms with Gasteiger partial charge in [-0.05, 0) is 13.0 Å². The molecule has 1 unspecified atom stereocenters. The standard InChI is InChI=1S/C12H15N5O2S/c1-8(6-17-5-3-4-13-17)14-11(19)10-7-20-12(16-10)15-9(2)18/h3-5,7-8H,6H2,1-2H3,(H,14,19)(H,15,16,18). The summed E-state index contributed by atoms with van der Waals surface area (Å²) in [6, 6.07) is 1.75. The number of amides is 2. The first-order chi connectivity index (χ1) is 9.54. The number of carbonyl (C=O) groups is 2. The minimum atomic E-state index is -0.266. The summed E-state index contributed by atoms with van der Waals surface area (Å²) in [5.41, 5.74) is 0.297. The third-order valence-electron chi connectivity index (χ3n) is 2.42. The van der Waals surface area contributed by atoms with Gasteiger partial charge in [0.2, 0.25) is 5.91 Å². The smallest absolute Gasteiger partial charge is 0.271 e. The molecule has 0 radical (unpaired) electrons. The van der Waals surface area contributed by atoms with E-state index in [1.54, 1.807) is 16.3 Å². The molecule has 2 heterocycles. The molecule has 2 N–H and O–H groups in total. The summed E-state index contributed by atoms with van der Waals surface area (Å²) in [5, 5.41) is 11.5. The molecule has 0 aliphatic heterocycles. The summed E-state index contributed by atoms with van der Waals surface area (Å²) >= 11 is 1.22. The first-order valence-corrected chi connectivity index (χ1v) is 6.94. The van der Waals surface area contributed by atoms with Crippen LogP contribution >= 0.6 is 11.3 Å². The van der Waals surface area contributed by atoms with E-state index in [0.29, 0.717) is 17.4 Å². The molecule has 106 valence electrons. The van der Waals surface area contributed by atoms with E-state index < -0.39 is 0 Å². The lowest BCUT2D eigenvalue weighted by Crippen LogP contribution is -2.36. The van der Waals surface area contributed by atoms with Gasteiger partial charge in [-0.25, -0.2) is 4.98 Å². The van der Waals surface area contributed by atoms with Crippen LogP contribution in [0.5, 0.6) is 0 Å². The van der Waals surface area contributed by atoms with Crippen molar-refractivity contribution in [2.24, 2.45) is 0 Å². The molecule has 2 amide bonds. The van der Waals surface area contributed by atoms with E-state index in [1.807, 2.05) is 19.2 Å². The maximum Gasteiger partial charge on any atom is 0.271 e. The zero-order valence-corrected chi connectivity index (χ0v) is 12.0. The van der Waals surface area contributed by atoms with Crippen molar-refractivity contribution in [1.82, 2.24) is 20.1 Å². The molecule has 0 bridgehead atoms. The van der Waals surface area contributed by atoms with Gasteiger partial charge in [-0.15, -0.1) is 11.3 Å². The van der Waals surface area contributed by atoms with Gasteiger partial charge in [0.15, 0.2) is 5.13 Å². The van der Waals surface area contributed by atoms with Crippen LogP contribution < -0.4 is 10.6 Å². The van der Waals surface area contributed by atoms with Gasteiger partial charge in [-0.2, -0.15) is 5.10 Å². The van der Waals surface area contributed by atoms with Gasteiger partial charge in [-0.3, -0.25) is 14.3 Å². The molecular weight excluding hydrogens is 278 g/mol. The lowest BCUT2D eigenvalue weighted by atomic mass is 10.3. The van der Waals surface area contributed by atoms with Gasteiger partial charge in [0.05, 0.1) is 6.54 Å². The van der Waals surface area contributed by atoms with Crippen molar-refractivity contribution in [3.8, 4) is 0 Å². The minimum absolute atomic E-state index is 0.0756. The molecule has 2 aromatic heterocycles. The number of nitrogens with one attached hydrogen (secondary N) is 2. The van der Waals surface area contributed by atoms with Crippen molar-refractivity contribution in [2.75, 3.05) is 5.32 Å². The molecule has 0 fully saturated rings. The van der Waals surface area contributed by atoms with E-state index >= 15 is 0 Å². The number of thiazole rings is 1. The topological polar surface area (TPSA) is 88.9 Å². The Bertz CT molecular complexity index is 593. The fourth-order valence-electron chi connectivity index (χ4n) is 1.62. The van der Waals surface area contributed by atoms with Crippen LogP contribution in [0.3, 0.4) is 0 Å². The summed E-state index contributed by atoms with van der Waals surface area (Å²) in [5.74, 6) is -0.476. The van der Waals surface area contributed by atoms with Crippen molar-refractivity contribution in [3.05, 3.63) is 29.5 Å². The predicted octanol–water partition coefficient (Wildman–Crippen LogP) is 1.12. The van der Waals surface area contributed by atoms with Crippen LogP contribution in [0.1, 0.15) is 24.3 Å². The highest BCUT2D eigenvalue weighted by atomic mass is 32.1. The van der Waals surface area contributed by atoms with Crippen molar-refractivity contribution in [3.63, 3.8) is 0 Å². The van der Waals surface area contributed by atoms with Gasteiger partial charge >= 0.3 is 0 Å². The number of nitrogens with zero attached hydrogens (tertiary/aromatic N) is 3. The van der Waals surface area contributed by atoms with Crippen LogP contribution in [0.15, 0.2) is 23.8 Å². The summed E-state index contributed by atoms with van der Waals surface area (Å²) in [6.07, 6.45) is 3.52. The van der Waals surface area contributed by atoms with Crippen molar-refractivity contribution in [1.29, 1.82) is 0 Å². The van der Waals surface area contributed by atoms with Crippen LogP contribution in [-0.4, -0.2) is 32.6 Å². The van der Waals surface area contributed by atoms with Crippen molar-refractivity contribution >= 4 is 28.3 Å². The van der Waals surface area contributed by atoms with Crippen LogP contribution in [-0.2, 0) is 11.3 Å². The Morgan fingerprint density at radius 1 is 1.50 bits per heavy atom. The highest BCUT2D eigenvalue weighted by Crippen LogP contribution is 2.15. The second-order valence-corrected chi connectivity index (χ2v) is 5.18. The molecule has 0 aliphatic rings. The monoisotopic (exact) mass is 293 g/mol. The molecule has 0 saturated carbocycles. The van der Waals surface area contributed by atoms with E-state index in [4.69, 9.17) is 0 Å². The second-order valence-electron chi connectivity index (χ2n) is 4.32. The molecule has 1 atom stereocenters. The lowest BCUT2D eigenvalue weighted by molar-refractivity contribution is -0.114. The average Bonchev–Trinajstić information content (AvgIpc) is 2.99. The summed E-state index contributed by atoms with van der Waals surface area (Å²) in [4.78, 5) is 26.9. The third-order valence-corrected chi connectivity index (χ3v) is 3.18. The van der Waals surface area contributed by atoms with E-state index in [9.17, 15) is 9.59 Å². The SMILES string of the molecule is CC(=O)Nc1nc(C(=O)NC(C)Cn2cccn2)cs1. The Hall–Kier alpha value is -2.22. The molecule has 0 aliphatic carbocycles. The zero-order chi connectivity index (χ0) is 14.5. The summed E-state index contributed by atoms with van der Waals surface area (Å²) in [6.45, 7) is 3.87. The fraction of sp³-hybridized carbons (Fsp3) is 0.333. The van der Waals surface area contributed by atoms with Crippen LogP contribution in [0, 0.1) is 0 Å². The number of rotatable bonds is 5. The number of hydrogen-bond acceptors (Lipinski definition) is 5. The van der Waals surface area contributed by atoms with E-state index in [1.165, 1.54) is 18.3 Å². The predicted molar refractivity (Wildman–Crippen MR) is 75.6 cm³/mol. The molecular formula is C12H15N5O2S. The molecule has 0 saturated heterocycles. The highest BCUT2D eigenvalue weighted by Gasteiger charge is 2.14.